The first-order valence-electron chi connectivity index (χ1n) is 10.1. The van der Waals surface area contributed by atoms with Gasteiger partial charge in [-0.15, -0.1) is 0 Å². The van der Waals surface area contributed by atoms with E-state index in [0.29, 0.717) is 21.5 Å². The van der Waals surface area contributed by atoms with E-state index >= 15 is 0 Å². The van der Waals surface area contributed by atoms with Gasteiger partial charge in [0.05, 0.1) is 12.1 Å². The predicted octanol–water partition coefficient (Wildman–Crippen LogP) is 6.49. The van der Waals surface area contributed by atoms with Crippen LogP contribution in [0, 0.1) is 6.92 Å². The van der Waals surface area contributed by atoms with Crippen molar-refractivity contribution < 1.29 is 18.3 Å². The summed E-state index contributed by atoms with van der Waals surface area (Å²) in [6.07, 6.45) is -0.183. The molecule has 3 aromatic rings. The number of anilines is 1. The summed E-state index contributed by atoms with van der Waals surface area (Å²) in [5.41, 5.74) is 3.79. The van der Waals surface area contributed by atoms with Crippen LogP contribution in [0.25, 0.3) is 0 Å². The normalized spacial score (nSPS) is 17.2. The first kappa shape index (κ1) is 21.5. The molecule has 3 aromatic carbocycles. The average Bonchev–Trinajstić information content (AvgIpc) is 2.86. The average molecular weight is 486 g/mol. The van der Waals surface area contributed by atoms with Crippen molar-refractivity contribution in [3.63, 3.8) is 0 Å². The van der Waals surface area contributed by atoms with E-state index < -0.39 is 18.4 Å². The molecule has 4 rings (SSSR count). The van der Waals surface area contributed by atoms with Crippen LogP contribution in [0.3, 0.4) is 0 Å². The topological polar surface area (TPSA) is 38.3 Å². The summed E-state index contributed by atoms with van der Waals surface area (Å²) >= 11 is 3.47. The predicted molar refractivity (Wildman–Crippen MR) is 121 cm³/mol. The van der Waals surface area contributed by atoms with Crippen LogP contribution in [0.1, 0.15) is 34.6 Å². The first-order chi connectivity index (χ1) is 14.8. The Balaban J connectivity index is 1.68. The summed E-state index contributed by atoms with van der Waals surface area (Å²) in [7, 11) is 0. The number of hydrogen-bond donors (Lipinski definition) is 1. The molecule has 3 nitrogen and oxygen atoms in total. The third-order valence-corrected chi connectivity index (χ3v) is 5.81. The minimum absolute atomic E-state index is 0.180. The fourth-order valence-electron chi connectivity index (χ4n) is 3.84. The summed E-state index contributed by atoms with van der Waals surface area (Å²) in [6.45, 7) is 1.25. The molecule has 31 heavy (non-hydrogen) atoms. The van der Waals surface area contributed by atoms with Crippen LogP contribution in [0.4, 0.5) is 14.5 Å². The molecule has 0 bridgehead atoms. The van der Waals surface area contributed by atoms with Crippen LogP contribution in [0.2, 0.25) is 0 Å². The number of carbonyl (C=O) groups excluding carboxylic acids is 1. The summed E-state index contributed by atoms with van der Waals surface area (Å²) < 4.78 is 35.4. The van der Waals surface area contributed by atoms with Gasteiger partial charge in [0.15, 0.2) is 6.61 Å². The summed E-state index contributed by atoms with van der Waals surface area (Å²) in [5, 5.41) is 2.86. The number of rotatable bonds is 4. The number of amides is 1. The SMILES string of the molecule is Cc1ccc(CC(=O)Nc2cc(Br)cc3c2OCC(F)(F)CC3c2ccccc2)cc1. The van der Waals surface area contributed by atoms with Crippen molar-refractivity contribution >= 4 is 27.5 Å². The Kier molecular flexibility index (Phi) is 6.10. The zero-order valence-electron chi connectivity index (χ0n) is 17.0. The van der Waals surface area contributed by atoms with E-state index in [1.54, 1.807) is 12.1 Å². The Labute approximate surface area is 188 Å². The summed E-state index contributed by atoms with van der Waals surface area (Å²) in [4.78, 5) is 12.7. The van der Waals surface area contributed by atoms with Crippen LogP contribution in [-0.2, 0) is 11.2 Å². The number of aryl methyl sites for hydroxylation is 1. The van der Waals surface area contributed by atoms with E-state index in [-0.39, 0.29) is 18.7 Å². The molecule has 1 unspecified atom stereocenters. The molecule has 1 aliphatic heterocycles. The maximum atomic E-state index is 14.6. The van der Waals surface area contributed by atoms with Gasteiger partial charge in [-0.05, 0) is 30.2 Å². The van der Waals surface area contributed by atoms with Gasteiger partial charge in [0.2, 0.25) is 5.91 Å². The van der Waals surface area contributed by atoms with Crippen molar-refractivity contribution in [2.45, 2.75) is 31.6 Å². The van der Waals surface area contributed by atoms with Gasteiger partial charge >= 0.3 is 0 Å². The van der Waals surface area contributed by atoms with E-state index in [1.165, 1.54) is 0 Å². The van der Waals surface area contributed by atoms with Gasteiger partial charge in [-0.3, -0.25) is 4.79 Å². The van der Waals surface area contributed by atoms with Crippen LogP contribution < -0.4 is 10.1 Å². The fraction of sp³-hybridized carbons (Fsp3) is 0.240. The molecule has 1 aliphatic rings. The number of fused-ring (bicyclic) bond motifs is 1. The molecular formula is C25H22BrF2NO2. The zero-order chi connectivity index (χ0) is 22.0. The minimum atomic E-state index is -2.99. The molecule has 0 aromatic heterocycles. The van der Waals surface area contributed by atoms with E-state index in [2.05, 4.69) is 21.2 Å². The number of carbonyl (C=O) groups is 1. The van der Waals surface area contributed by atoms with Crippen LogP contribution in [-0.4, -0.2) is 18.4 Å². The molecule has 0 saturated heterocycles. The fourth-order valence-corrected chi connectivity index (χ4v) is 4.32. The molecule has 0 spiro atoms. The van der Waals surface area contributed by atoms with Crippen molar-refractivity contribution in [1.82, 2.24) is 0 Å². The maximum absolute atomic E-state index is 14.6. The Bertz CT molecular complexity index is 1080. The van der Waals surface area contributed by atoms with E-state index in [4.69, 9.17) is 4.74 Å². The number of alkyl halides is 2. The second-order valence-electron chi connectivity index (χ2n) is 7.89. The Hall–Kier alpha value is -2.73. The molecule has 1 heterocycles. The highest BCUT2D eigenvalue weighted by Crippen LogP contribution is 2.46. The van der Waals surface area contributed by atoms with Crippen molar-refractivity contribution in [3.05, 3.63) is 93.5 Å². The number of hydrogen-bond acceptors (Lipinski definition) is 2. The molecule has 160 valence electrons. The van der Waals surface area contributed by atoms with Crippen LogP contribution in [0.15, 0.2) is 71.2 Å². The first-order valence-corrected chi connectivity index (χ1v) is 10.8. The molecule has 0 aliphatic carbocycles. The van der Waals surface area contributed by atoms with Gasteiger partial charge in [0, 0.05) is 22.4 Å². The number of benzene rings is 3. The molecule has 1 N–H and O–H groups in total. The molecular weight excluding hydrogens is 464 g/mol. The molecule has 1 amide bonds. The number of halogens is 3. The summed E-state index contributed by atoms with van der Waals surface area (Å²) in [5.74, 6) is -3.49. The Morgan fingerprint density at radius 1 is 1.13 bits per heavy atom. The van der Waals surface area contributed by atoms with Gasteiger partial charge in [-0.2, -0.15) is 0 Å². The van der Waals surface area contributed by atoms with Crippen molar-refractivity contribution in [2.24, 2.45) is 0 Å². The van der Waals surface area contributed by atoms with Crippen LogP contribution >= 0.6 is 15.9 Å². The van der Waals surface area contributed by atoms with Crippen molar-refractivity contribution in [2.75, 3.05) is 11.9 Å². The lowest BCUT2D eigenvalue weighted by Crippen LogP contribution is -2.25. The standard InChI is InChI=1S/C25H22BrF2NO2/c1-16-7-9-17(10-8-16)11-23(30)29-22-13-19(26)12-20-21(18-5-3-2-4-6-18)14-25(27,28)15-31-24(20)22/h2-10,12-13,21H,11,14-15H2,1H3,(H,29,30). The lowest BCUT2D eigenvalue weighted by Gasteiger charge is -2.21. The summed E-state index contributed by atoms with van der Waals surface area (Å²) in [6, 6.07) is 20.4. The highest BCUT2D eigenvalue weighted by Gasteiger charge is 2.40. The monoisotopic (exact) mass is 485 g/mol. The second-order valence-corrected chi connectivity index (χ2v) is 8.81. The lowest BCUT2D eigenvalue weighted by molar-refractivity contribution is -0.115. The lowest BCUT2D eigenvalue weighted by atomic mass is 9.86. The highest BCUT2D eigenvalue weighted by molar-refractivity contribution is 9.10. The second kappa shape index (κ2) is 8.79. The molecule has 0 saturated carbocycles. The van der Waals surface area contributed by atoms with E-state index in [9.17, 15) is 13.6 Å². The molecule has 0 radical (unpaired) electrons. The van der Waals surface area contributed by atoms with Gasteiger partial charge in [-0.25, -0.2) is 8.78 Å². The quantitative estimate of drug-likeness (QED) is 0.458. The van der Waals surface area contributed by atoms with Gasteiger partial charge in [0.25, 0.3) is 5.92 Å². The van der Waals surface area contributed by atoms with E-state index in [1.807, 2.05) is 61.5 Å². The third kappa shape index (κ3) is 5.13. The van der Waals surface area contributed by atoms with Gasteiger partial charge < -0.3 is 10.1 Å². The molecule has 1 atom stereocenters. The Morgan fingerprint density at radius 3 is 2.55 bits per heavy atom. The van der Waals surface area contributed by atoms with Crippen LogP contribution in [0.5, 0.6) is 5.75 Å². The molecule has 6 heteroatoms. The van der Waals surface area contributed by atoms with Gasteiger partial charge in [0.1, 0.15) is 5.75 Å². The van der Waals surface area contributed by atoms with Crippen molar-refractivity contribution in [1.29, 1.82) is 0 Å². The Morgan fingerprint density at radius 2 is 1.84 bits per heavy atom. The minimum Gasteiger partial charge on any atom is -0.485 e. The van der Waals surface area contributed by atoms with E-state index in [0.717, 1.165) is 16.7 Å². The maximum Gasteiger partial charge on any atom is 0.282 e. The third-order valence-electron chi connectivity index (χ3n) is 5.35. The van der Waals surface area contributed by atoms with Gasteiger partial charge in [-0.1, -0.05) is 76.1 Å². The number of ether oxygens (including phenoxy) is 1. The largest absolute Gasteiger partial charge is 0.485 e. The number of nitrogens with one attached hydrogen (secondary N) is 1. The zero-order valence-corrected chi connectivity index (χ0v) is 18.6. The highest BCUT2D eigenvalue weighted by atomic mass is 79.9. The smallest absolute Gasteiger partial charge is 0.282 e. The van der Waals surface area contributed by atoms with Crippen molar-refractivity contribution in [3.8, 4) is 5.75 Å². The molecule has 0 fully saturated rings.